The Labute approximate surface area is 215 Å². The lowest BCUT2D eigenvalue weighted by Crippen LogP contribution is -2.53. The van der Waals surface area contributed by atoms with Gasteiger partial charge in [-0.1, -0.05) is 0 Å². The minimum atomic E-state index is 0.723. The molecule has 7 heteroatoms. The summed E-state index contributed by atoms with van der Waals surface area (Å²) in [6, 6.07) is 9.39. The van der Waals surface area contributed by atoms with Crippen molar-refractivity contribution >= 4 is 0 Å². The van der Waals surface area contributed by atoms with Crippen LogP contribution in [-0.4, -0.2) is 76.0 Å². The van der Waals surface area contributed by atoms with Crippen molar-refractivity contribution in [3.8, 4) is 22.9 Å². The molecule has 1 aromatic carbocycles. The lowest BCUT2D eigenvalue weighted by Gasteiger charge is -2.48. The van der Waals surface area contributed by atoms with Crippen LogP contribution >= 0.6 is 0 Å². The van der Waals surface area contributed by atoms with E-state index in [-0.39, 0.29) is 0 Å². The summed E-state index contributed by atoms with van der Waals surface area (Å²) >= 11 is 0. The molecule has 7 nitrogen and oxygen atoms in total. The normalized spacial score (nSPS) is 31.4. The fraction of sp³-hybridized carbons (Fsp3) is 0.724. The zero-order chi connectivity index (χ0) is 24.2. The standard InChI is InChI=1S/C29H41N5O2/c1-35-26-9-3-19(17-27(26)36-2)29-30-28-10-4-20(18-33(28)31-29)21-15-24-7-8-25(16-21)34(24)23-11-13-32(14-12-23)22-5-6-22/h3,9,17,20-25H,4-8,10-16,18H2,1-2H3. The summed E-state index contributed by atoms with van der Waals surface area (Å²) in [6.45, 7) is 3.71. The van der Waals surface area contributed by atoms with E-state index in [0.29, 0.717) is 0 Å². The number of aromatic nitrogens is 3. The van der Waals surface area contributed by atoms with Crippen LogP contribution in [0.3, 0.4) is 0 Å². The lowest BCUT2D eigenvalue weighted by molar-refractivity contribution is 0.00776. The number of hydrogen-bond acceptors (Lipinski definition) is 6. The van der Waals surface area contributed by atoms with Gasteiger partial charge >= 0.3 is 0 Å². The summed E-state index contributed by atoms with van der Waals surface area (Å²) in [5.41, 5.74) is 0.991. The molecule has 4 fully saturated rings. The van der Waals surface area contributed by atoms with E-state index in [0.717, 1.165) is 77.7 Å². The number of hydrogen-bond donors (Lipinski definition) is 0. The molecule has 3 unspecified atom stereocenters. The predicted molar refractivity (Wildman–Crippen MR) is 139 cm³/mol. The number of rotatable bonds is 6. The first-order valence-corrected chi connectivity index (χ1v) is 14.4. The van der Waals surface area contributed by atoms with E-state index in [4.69, 9.17) is 19.6 Å². The number of nitrogens with zero attached hydrogens (tertiary/aromatic N) is 5. The van der Waals surface area contributed by atoms with E-state index >= 15 is 0 Å². The fourth-order valence-corrected chi connectivity index (χ4v) is 8.04. The second-order valence-electron chi connectivity index (χ2n) is 12.0. The van der Waals surface area contributed by atoms with Crippen molar-refractivity contribution in [2.75, 3.05) is 27.3 Å². The quantitative estimate of drug-likeness (QED) is 0.597. The van der Waals surface area contributed by atoms with Gasteiger partial charge in [0.15, 0.2) is 17.3 Å². The van der Waals surface area contributed by atoms with Crippen molar-refractivity contribution in [1.29, 1.82) is 0 Å². The van der Waals surface area contributed by atoms with E-state index in [1.54, 1.807) is 14.2 Å². The molecular weight excluding hydrogens is 450 g/mol. The van der Waals surface area contributed by atoms with E-state index < -0.39 is 0 Å². The highest BCUT2D eigenvalue weighted by atomic mass is 16.5. The molecule has 0 radical (unpaired) electrons. The number of piperidine rings is 2. The van der Waals surface area contributed by atoms with Gasteiger partial charge in [0.2, 0.25) is 0 Å². The zero-order valence-electron chi connectivity index (χ0n) is 21.9. The Morgan fingerprint density at radius 3 is 2.19 bits per heavy atom. The van der Waals surface area contributed by atoms with Crippen LogP contribution in [-0.2, 0) is 13.0 Å². The molecule has 0 amide bonds. The Morgan fingerprint density at radius 1 is 0.778 bits per heavy atom. The monoisotopic (exact) mass is 491 g/mol. The first-order chi connectivity index (χ1) is 17.7. The highest BCUT2D eigenvalue weighted by molar-refractivity contribution is 5.61. The van der Waals surface area contributed by atoms with Crippen molar-refractivity contribution in [3.05, 3.63) is 24.0 Å². The Balaban J connectivity index is 1.01. The summed E-state index contributed by atoms with van der Waals surface area (Å²) in [5, 5.41) is 4.96. The first-order valence-electron chi connectivity index (χ1n) is 14.4. The molecule has 7 rings (SSSR count). The number of aryl methyl sites for hydroxylation is 1. The van der Waals surface area contributed by atoms with Crippen molar-refractivity contribution < 1.29 is 9.47 Å². The van der Waals surface area contributed by atoms with Crippen molar-refractivity contribution in [1.82, 2.24) is 24.6 Å². The molecule has 5 heterocycles. The van der Waals surface area contributed by atoms with Gasteiger partial charge in [-0.3, -0.25) is 4.90 Å². The molecule has 0 spiro atoms. The molecule has 0 N–H and O–H groups in total. The summed E-state index contributed by atoms with van der Waals surface area (Å²) in [7, 11) is 3.34. The zero-order valence-corrected chi connectivity index (χ0v) is 21.9. The largest absolute Gasteiger partial charge is 0.493 e. The van der Waals surface area contributed by atoms with Gasteiger partial charge in [0.05, 0.1) is 14.2 Å². The van der Waals surface area contributed by atoms with E-state index in [1.807, 2.05) is 18.2 Å². The first kappa shape index (κ1) is 23.0. The van der Waals surface area contributed by atoms with Crippen LogP contribution in [0.15, 0.2) is 18.2 Å². The topological polar surface area (TPSA) is 55.7 Å². The van der Waals surface area contributed by atoms with E-state index in [1.165, 1.54) is 70.9 Å². The van der Waals surface area contributed by atoms with Gasteiger partial charge < -0.3 is 14.4 Å². The third-order valence-corrected chi connectivity index (χ3v) is 10.0. The molecule has 5 aliphatic rings. The van der Waals surface area contributed by atoms with E-state index in [9.17, 15) is 0 Å². The predicted octanol–water partition coefficient (Wildman–Crippen LogP) is 4.39. The minimum Gasteiger partial charge on any atom is -0.493 e. The second-order valence-corrected chi connectivity index (χ2v) is 12.0. The molecule has 2 aromatic rings. The SMILES string of the molecule is COc1ccc(-c2nc3n(n2)CC(C2CC4CCC(C2)N4C2CCN(C4CC4)CC2)CC3)cc1OC. The van der Waals surface area contributed by atoms with Crippen LogP contribution in [0.25, 0.3) is 11.4 Å². The molecule has 2 bridgehead atoms. The summed E-state index contributed by atoms with van der Waals surface area (Å²) in [4.78, 5) is 10.7. The number of benzene rings is 1. The average molecular weight is 492 g/mol. The van der Waals surface area contributed by atoms with Gasteiger partial charge in [-0.2, -0.15) is 5.10 Å². The highest BCUT2D eigenvalue weighted by Crippen LogP contribution is 2.46. The molecule has 3 saturated heterocycles. The van der Waals surface area contributed by atoms with Gasteiger partial charge in [-0.15, -0.1) is 0 Å². The van der Waals surface area contributed by atoms with Crippen LogP contribution in [0.5, 0.6) is 11.5 Å². The molecule has 1 aromatic heterocycles. The molecule has 1 saturated carbocycles. The maximum Gasteiger partial charge on any atom is 0.181 e. The number of fused-ring (bicyclic) bond motifs is 3. The van der Waals surface area contributed by atoms with Crippen LogP contribution < -0.4 is 9.47 Å². The Morgan fingerprint density at radius 2 is 1.50 bits per heavy atom. The number of likely N-dealkylation sites (tertiary alicyclic amines) is 1. The molecule has 1 aliphatic carbocycles. The maximum absolute atomic E-state index is 5.50. The Hall–Kier alpha value is -2.12. The molecular formula is C29H41N5O2. The molecule has 36 heavy (non-hydrogen) atoms. The van der Waals surface area contributed by atoms with Crippen LogP contribution in [0.2, 0.25) is 0 Å². The highest BCUT2D eigenvalue weighted by Gasteiger charge is 2.47. The lowest BCUT2D eigenvalue weighted by atomic mass is 9.77. The van der Waals surface area contributed by atoms with Gasteiger partial charge in [-0.25, -0.2) is 9.67 Å². The average Bonchev–Trinajstić information content (AvgIpc) is 3.63. The molecule has 194 valence electrons. The van der Waals surface area contributed by atoms with Crippen molar-refractivity contribution in [3.63, 3.8) is 0 Å². The fourth-order valence-electron chi connectivity index (χ4n) is 8.04. The summed E-state index contributed by atoms with van der Waals surface area (Å²) in [6.07, 6.45) is 13.7. The van der Waals surface area contributed by atoms with Gasteiger partial charge in [0.1, 0.15) is 5.82 Å². The van der Waals surface area contributed by atoms with Crippen LogP contribution in [0.4, 0.5) is 0 Å². The molecule has 4 aliphatic heterocycles. The van der Waals surface area contributed by atoms with E-state index in [2.05, 4.69) is 14.5 Å². The number of ether oxygens (including phenoxy) is 2. The second kappa shape index (κ2) is 9.32. The smallest absolute Gasteiger partial charge is 0.181 e. The van der Waals surface area contributed by atoms with Crippen LogP contribution in [0, 0.1) is 11.8 Å². The van der Waals surface area contributed by atoms with Gasteiger partial charge in [-0.05, 0) is 101 Å². The van der Waals surface area contributed by atoms with Gasteiger partial charge in [0, 0.05) is 42.7 Å². The van der Waals surface area contributed by atoms with Crippen molar-refractivity contribution in [2.45, 2.75) is 94.9 Å². The Kier molecular flexibility index (Phi) is 5.96. The minimum absolute atomic E-state index is 0.723. The Bertz CT molecular complexity index is 1080. The number of methoxy groups -OCH3 is 2. The van der Waals surface area contributed by atoms with Gasteiger partial charge in [0.25, 0.3) is 0 Å². The van der Waals surface area contributed by atoms with Crippen molar-refractivity contribution in [2.24, 2.45) is 11.8 Å². The summed E-state index contributed by atoms with van der Waals surface area (Å²) in [5.74, 6) is 4.98. The third kappa shape index (κ3) is 4.12. The molecule has 3 atom stereocenters. The third-order valence-electron chi connectivity index (χ3n) is 10.0. The summed E-state index contributed by atoms with van der Waals surface area (Å²) < 4.78 is 13.1. The van der Waals surface area contributed by atoms with Crippen LogP contribution in [0.1, 0.15) is 63.6 Å². The maximum atomic E-state index is 5.50.